The minimum Gasteiger partial charge on any atom is -0.294 e. The molecule has 0 spiro atoms. The summed E-state index contributed by atoms with van der Waals surface area (Å²) in [6.45, 7) is 8.41. The molecule has 5 nitrogen and oxygen atoms in total. The van der Waals surface area contributed by atoms with Crippen molar-refractivity contribution < 1.29 is 4.79 Å². The lowest BCUT2D eigenvalue weighted by Gasteiger charge is -2.10. The molecule has 0 bridgehead atoms. The molecule has 0 fully saturated rings. The summed E-state index contributed by atoms with van der Waals surface area (Å²) < 4.78 is 2.14. The predicted octanol–water partition coefficient (Wildman–Crippen LogP) is 5.54. The number of hydrogen-bond acceptors (Lipinski definition) is 6. The number of rotatable bonds is 3. The first-order valence-electron chi connectivity index (χ1n) is 9.71. The number of hydrogen-bond donors (Lipinski definition) is 0. The highest BCUT2D eigenvalue weighted by molar-refractivity contribution is 7.17. The number of nitrogens with zero attached hydrogens (tertiary/aromatic N) is 4. The fourth-order valence-electron chi connectivity index (χ4n) is 3.76. The van der Waals surface area contributed by atoms with Gasteiger partial charge in [-0.2, -0.15) is 0 Å². The second-order valence-corrected chi connectivity index (χ2v) is 9.71. The number of aryl methyl sites for hydroxylation is 2. The lowest BCUT2D eigenvalue weighted by Crippen LogP contribution is -2.07. The second kappa shape index (κ2) is 7.11. The first-order valence-corrected chi connectivity index (χ1v) is 11.3. The molecule has 7 heteroatoms. The molecule has 4 aromatic rings. The van der Waals surface area contributed by atoms with Crippen LogP contribution < -0.4 is 0 Å². The highest BCUT2D eigenvalue weighted by Crippen LogP contribution is 2.36. The number of thiophene rings is 2. The zero-order valence-corrected chi connectivity index (χ0v) is 18.8. The van der Waals surface area contributed by atoms with Crippen LogP contribution in [0.15, 0.2) is 41.4 Å². The molecule has 3 aromatic heterocycles. The van der Waals surface area contributed by atoms with E-state index < -0.39 is 0 Å². The third-order valence-electron chi connectivity index (χ3n) is 5.47. The summed E-state index contributed by atoms with van der Waals surface area (Å²) in [4.78, 5) is 19.7. The Hall–Kier alpha value is -2.90. The number of carbonyl (C=O) groups excluding carboxylic acids is 1. The van der Waals surface area contributed by atoms with Gasteiger partial charge in [0.25, 0.3) is 0 Å². The average Bonchev–Trinajstić information content (AvgIpc) is 3.40. The maximum Gasteiger partial charge on any atom is 0.169 e. The van der Waals surface area contributed by atoms with E-state index in [9.17, 15) is 4.79 Å². The molecule has 30 heavy (non-hydrogen) atoms. The van der Waals surface area contributed by atoms with Crippen molar-refractivity contribution in [2.24, 2.45) is 4.99 Å². The van der Waals surface area contributed by atoms with Gasteiger partial charge in [-0.1, -0.05) is 24.3 Å². The molecule has 0 unspecified atom stereocenters. The van der Waals surface area contributed by atoms with E-state index in [2.05, 4.69) is 52.9 Å². The third-order valence-corrected chi connectivity index (χ3v) is 7.90. The van der Waals surface area contributed by atoms with Crippen LogP contribution in [0, 0.1) is 20.8 Å². The number of carbonyl (C=O) groups is 1. The van der Waals surface area contributed by atoms with Crippen LogP contribution in [0.2, 0.25) is 0 Å². The Balaban J connectivity index is 1.59. The summed E-state index contributed by atoms with van der Waals surface area (Å²) in [7, 11) is 0. The van der Waals surface area contributed by atoms with Gasteiger partial charge in [0.1, 0.15) is 17.4 Å². The highest BCUT2D eigenvalue weighted by atomic mass is 32.1. The first-order chi connectivity index (χ1) is 14.4. The van der Waals surface area contributed by atoms with Crippen LogP contribution in [-0.2, 0) is 6.54 Å². The molecule has 0 amide bonds. The fraction of sp³-hybridized carbons (Fsp3) is 0.217. The Morgan fingerprint density at radius 1 is 0.967 bits per heavy atom. The molecule has 0 atom stereocenters. The Kier molecular flexibility index (Phi) is 4.52. The van der Waals surface area contributed by atoms with E-state index >= 15 is 0 Å². The number of benzene rings is 1. The summed E-state index contributed by atoms with van der Waals surface area (Å²) in [5, 5.41) is 9.75. The Morgan fingerprint density at radius 3 is 2.40 bits per heavy atom. The second-order valence-electron chi connectivity index (χ2n) is 7.42. The Labute approximate surface area is 182 Å². The Bertz CT molecular complexity index is 1320. The van der Waals surface area contributed by atoms with E-state index in [-0.39, 0.29) is 5.78 Å². The number of aromatic nitrogens is 3. The minimum atomic E-state index is 0.105. The summed E-state index contributed by atoms with van der Waals surface area (Å²) in [5.74, 6) is 1.86. The molecule has 0 saturated heterocycles. The number of aliphatic imine (C=N–C) groups is 1. The van der Waals surface area contributed by atoms with Crippen LogP contribution in [-0.4, -0.2) is 26.3 Å². The topological polar surface area (TPSA) is 60.1 Å². The van der Waals surface area contributed by atoms with E-state index in [1.54, 1.807) is 18.3 Å². The van der Waals surface area contributed by atoms with Crippen LogP contribution in [0.3, 0.4) is 0 Å². The molecule has 0 radical (unpaired) electrons. The van der Waals surface area contributed by atoms with Crippen molar-refractivity contribution in [3.05, 3.63) is 74.5 Å². The Morgan fingerprint density at radius 2 is 1.70 bits per heavy atom. The SMILES string of the molecule is CC(=O)c1ccc(-c2ccc(C3=NCc4nnc(C)n4-c4sc(C)c(C)c43)cc2)s1. The first kappa shape index (κ1) is 19.1. The molecule has 0 aliphatic carbocycles. The van der Waals surface area contributed by atoms with E-state index in [1.807, 2.05) is 19.1 Å². The van der Waals surface area contributed by atoms with Gasteiger partial charge >= 0.3 is 0 Å². The van der Waals surface area contributed by atoms with Crippen molar-refractivity contribution >= 4 is 34.2 Å². The monoisotopic (exact) mass is 432 g/mol. The fourth-order valence-corrected chi connectivity index (χ4v) is 5.89. The maximum atomic E-state index is 11.6. The van der Waals surface area contributed by atoms with Crippen molar-refractivity contribution in [3.63, 3.8) is 0 Å². The molecule has 5 rings (SSSR count). The molecular weight excluding hydrogens is 412 g/mol. The summed E-state index contributed by atoms with van der Waals surface area (Å²) >= 11 is 3.30. The standard InChI is InChI=1S/C23H20N4OS2/c1-12-14(3)29-23-21(12)22(24-11-20-26-25-15(4)27(20)23)17-7-5-16(6-8-17)19-10-9-18(30-19)13(2)28/h5-10H,11H2,1-4H3. The van der Waals surface area contributed by atoms with Gasteiger partial charge in [-0.3, -0.25) is 14.4 Å². The maximum absolute atomic E-state index is 11.6. The molecule has 0 saturated carbocycles. The minimum absolute atomic E-state index is 0.105. The van der Waals surface area contributed by atoms with Gasteiger partial charge in [0.05, 0.1) is 10.6 Å². The van der Waals surface area contributed by atoms with Gasteiger partial charge in [0, 0.05) is 20.9 Å². The van der Waals surface area contributed by atoms with E-state index in [4.69, 9.17) is 4.99 Å². The molecule has 150 valence electrons. The molecule has 4 heterocycles. The van der Waals surface area contributed by atoms with Crippen molar-refractivity contribution in [1.29, 1.82) is 0 Å². The molecule has 1 aliphatic rings. The zero-order valence-electron chi connectivity index (χ0n) is 17.2. The van der Waals surface area contributed by atoms with Gasteiger partial charge in [-0.15, -0.1) is 32.9 Å². The van der Waals surface area contributed by atoms with Crippen molar-refractivity contribution in [2.45, 2.75) is 34.2 Å². The quantitative estimate of drug-likeness (QED) is 0.400. The van der Waals surface area contributed by atoms with Crippen LogP contribution in [0.4, 0.5) is 0 Å². The predicted molar refractivity (Wildman–Crippen MR) is 123 cm³/mol. The number of fused-ring (bicyclic) bond motifs is 3. The van der Waals surface area contributed by atoms with Crippen LogP contribution >= 0.6 is 22.7 Å². The van der Waals surface area contributed by atoms with Gasteiger partial charge in [-0.05, 0) is 51.0 Å². The van der Waals surface area contributed by atoms with Crippen molar-refractivity contribution in [3.8, 4) is 15.4 Å². The van der Waals surface area contributed by atoms with E-state index in [0.717, 1.165) is 43.2 Å². The highest BCUT2D eigenvalue weighted by Gasteiger charge is 2.26. The molecular formula is C23H20N4OS2. The lowest BCUT2D eigenvalue weighted by atomic mass is 9.98. The smallest absolute Gasteiger partial charge is 0.169 e. The number of ketones is 1. The van der Waals surface area contributed by atoms with Gasteiger partial charge in [-0.25, -0.2) is 0 Å². The van der Waals surface area contributed by atoms with Crippen LogP contribution in [0.1, 0.15) is 49.8 Å². The van der Waals surface area contributed by atoms with Gasteiger partial charge < -0.3 is 0 Å². The normalized spacial score (nSPS) is 12.9. The summed E-state index contributed by atoms with van der Waals surface area (Å²) in [6, 6.07) is 12.4. The van der Waals surface area contributed by atoms with E-state index in [1.165, 1.54) is 27.3 Å². The lowest BCUT2D eigenvalue weighted by molar-refractivity contribution is 0.102. The largest absolute Gasteiger partial charge is 0.294 e. The summed E-state index contributed by atoms with van der Waals surface area (Å²) in [6.07, 6.45) is 0. The summed E-state index contributed by atoms with van der Waals surface area (Å²) in [5.41, 5.74) is 5.61. The van der Waals surface area contributed by atoms with Crippen molar-refractivity contribution in [1.82, 2.24) is 14.8 Å². The third kappa shape index (κ3) is 2.97. The average molecular weight is 433 g/mol. The van der Waals surface area contributed by atoms with Gasteiger partial charge in [0.2, 0.25) is 0 Å². The molecule has 0 N–H and O–H groups in total. The molecule has 1 aliphatic heterocycles. The van der Waals surface area contributed by atoms with Crippen LogP contribution in [0.25, 0.3) is 15.4 Å². The zero-order chi connectivity index (χ0) is 21.0. The van der Waals surface area contributed by atoms with Crippen molar-refractivity contribution in [2.75, 3.05) is 0 Å². The number of Topliss-reactive ketones (excluding diaryl/α,β-unsaturated/α-hetero) is 1. The van der Waals surface area contributed by atoms with Crippen LogP contribution in [0.5, 0.6) is 0 Å². The van der Waals surface area contributed by atoms with Gasteiger partial charge in [0.15, 0.2) is 11.6 Å². The van der Waals surface area contributed by atoms with E-state index in [0.29, 0.717) is 6.54 Å². The molecule has 1 aromatic carbocycles.